The molecule has 2 aromatic carbocycles. The van der Waals surface area contributed by atoms with Gasteiger partial charge in [-0.1, -0.05) is 30.3 Å². The summed E-state index contributed by atoms with van der Waals surface area (Å²) in [7, 11) is 0. The minimum atomic E-state index is -0.574. The van der Waals surface area contributed by atoms with Crippen LogP contribution in [-0.2, 0) is 11.3 Å². The minimum absolute atomic E-state index is 0.0117. The Morgan fingerprint density at radius 1 is 1.05 bits per heavy atom. The second-order valence-electron chi connectivity index (χ2n) is 4.14. The molecule has 102 valence electrons. The van der Waals surface area contributed by atoms with Crippen LogP contribution in [0, 0.1) is 17.1 Å². The van der Waals surface area contributed by atoms with Gasteiger partial charge in [-0.2, -0.15) is 5.26 Å². The Hall–Kier alpha value is -2.38. The number of rotatable bonds is 6. The zero-order chi connectivity index (χ0) is 14.2. The highest BCUT2D eigenvalue weighted by molar-refractivity contribution is 5.36. The second-order valence-corrected chi connectivity index (χ2v) is 4.14. The van der Waals surface area contributed by atoms with Crippen LogP contribution in [0.4, 0.5) is 4.39 Å². The van der Waals surface area contributed by atoms with E-state index >= 15 is 0 Å². The van der Waals surface area contributed by atoms with Crippen molar-refractivity contribution in [2.45, 2.75) is 6.61 Å². The summed E-state index contributed by atoms with van der Waals surface area (Å²) in [4.78, 5) is 0. The van der Waals surface area contributed by atoms with Gasteiger partial charge >= 0.3 is 0 Å². The van der Waals surface area contributed by atoms with E-state index in [-0.39, 0.29) is 5.56 Å². The van der Waals surface area contributed by atoms with Crippen molar-refractivity contribution in [1.29, 1.82) is 5.26 Å². The van der Waals surface area contributed by atoms with E-state index in [9.17, 15) is 4.39 Å². The first-order valence-corrected chi connectivity index (χ1v) is 6.24. The van der Waals surface area contributed by atoms with Gasteiger partial charge in [-0.3, -0.25) is 0 Å². The molecular formula is C16H14FNO2. The molecule has 0 heterocycles. The molecule has 0 aliphatic carbocycles. The van der Waals surface area contributed by atoms with Crippen LogP contribution in [0.5, 0.6) is 5.75 Å². The molecule has 0 aliphatic rings. The highest BCUT2D eigenvalue weighted by atomic mass is 19.1. The molecule has 0 N–H and O–H groups in total. The summed E-state index contributed by atoms with van der Waals surface area (Å²) in [6, 6.07) is 15.8. The Kier molecular flexibility index (Phi) is 5.10. The van der Waals surface area contributed by atoms with Crippen molar-refractivity contribution in [2.24, 2.45) is 0 Å². The monoisotopic (exact) mass is 271 g/mol. The lowest BCUT2D eigenvalue weighted by Crippen LogP contribution is -2.07. The van der Waals surface area contributed by atoms with E-state index in [1.165, 1.54) is 12.1 Å². The fraction of sp³-hybridized carbons (Fsp3) is 0.188. The quantitative estimate of drug-likeness (QED) is 0.757. The Bertz CT molecular complexity index is 593. The maximum absolute atomic E-state index is 13.3. The van der Waals surface area contributed by atoms with Crippen molar-refractivity contribution in [1.82, 2.24) is 0 Å². The van der Waals surface area contributed by atoms with Crippen molar-refractivity contribution < 1.29 is 13.9 Å². The van der Waals surface area contributed by atoms with Crippen LogP contribution in [0.3, 0.4) is 0 Å². The van der Waals surface area contributed by atoms with Gasteiger partial charge in [0.05, 0.1) is 18.8 Å². The predicted molar refractivity (Wildman–Crippen MR) is 72.7 cm³/mol. The fourth-order valence-corrected chi connectivity index (χ4v) is 1.66. The lowest BCUT2D eigenvalue weighted by Gasteiger charge is -2.07. The number of hydrogen-bond acceptors (Lipinski definition) is 3. The number of ether oxygens (including phenoxy) is 2. The van der Waals surface area contributed by atoms with E-state index < -0.39 is 5.82 Å². The highest BCUT2D eigenvalue weighted by Crippen LogP contribution is 2.15. The molecule has 0 fully saturated rings. The molecule has 0 saturated heterocycles. The maximum atomic E-state index is 13.3. The summed E-state index contributed by atoms with van der Waals surface area (Å²) in [5.74, 6) is -0.181. The predicted octanol–water partition coefficient (Wildman–Crippen LogP) is 3.29. The third-order valence-corrected chi connectivity index (χ3v) is 2.67. The molecule has 20 heavy (non-hydrogen) atoms. The van der Waals surface area contributed by atoms with Crippen LogP contribution < -0.4 is 4.74 Å². The molecule has 4 heteroatoms. The average Bonchev–Trinajstić information content (AvgIpc) is 2.48. The van der Waals surface area contributed by atoms with Gasteiger partial charge in [0.2, 0.25) is 0 Å². The topological polar surface area (TPSA) is 42.2 Å². The molecule has 0 spiro atoms. The smallest absolute Gasteiger partial charge is 0.144 e. The van der Waals surface area contributed by atoms with Crippen LogP contribution in [0.25, 0.3) is 0 Å². The van der Waals surface area contributed by atoms with Crippen LogP contribution >= 0.6 is 0 Å². The molecule has 2 rings (SSSR count). The molecule has 0 unspecified atom stereocenters. The van der Waals surface area contributed by atoms with Crippen molar-refractivity contribution >= 4 is 0 Å². The van der Waals surface area contributed by atoms with Crippen molar-refractivity contribution in [3.05, 3.63) is 65.5 Å². The summed E-state index contributed by atoms with van der Waals surface area (Å²) in [6.45, 7) is 1.26. The summed E-state index contributed by atoms with van der Waals surface area (Å²) in [6.07, 6.45) is 0. The lowest BCUT2D eigenvalue weighted by molar-refractivity contribution is 0.0888. The summed E-state index contributed by atoms with van der Waals surface area (Å²) < 4.78 is 24.1. The summed E-state index contributed by atoms with van der Waals surface area (Å²) in [5, 5.41) is 8.61. The number of nitriles is 1. The third-order valence-electron chi connectivity index (χ3n) is 2.67. The normalized spacial score (nSPS) is 10.0. The summed E-state index contributed by atoms with van der Waals surface area (Å²) in [5.41, 5.74) is 1.11. The molecular weight excluding hydrogens is 257 g/mol. The number of halogens is 1. The van der Waals surface area contributed by atoms with E-state index in [1.54, 1.807) is 12.1 Å². The Labute approximate surface area is 117 Å². The Morgan fingerprint density at radius 3 is 2.55 bits per heavy atom. The molecule has 0 saturated carbocycles. The van der Waals surface area contributed by atoms with Gasteiger partial charge in [-0.25, -0.2) is 4.39 Å². The molecule has 3 nitrogen and oxygen atoms in total. The van der Waals surface area contributed by atoms with Crippen LogP contribution in [0.15, 0.2) is 48.5 Å². The van der Waals surface area contributed by atoms with Crippen LogP contribution in [-0.4, -0.2) is 13.2 Å². The van der Waals surface area contributed by atoms with Gasteiger partial charge < -0.3 is 9.47 Å². The van der Waals surface area contributed by atoms with E-state index in [1.807, 2.05) is 30.3 Å². The van der Waals surface area contributed by atoms with Crippen molar-refractivity contribution in [2.75, 3.05) is 13.2 Å². The van der Waals surface area contributed by atoms with E-state index in [4.69, 9.17) is 14.7 Å². The third kappa shape index (κ3) is 4.08. The molecule has 0 aromatic heterocycles. The minimum Gasteiger partial charge on any atom is -0.491 e. The van der Waals surface area contributed by atoms with Crippen LogP contribution in [0.2, 0.25) is 0 Å². The van der Waals surface area contributed by atoms with E-state index in [0.717, 1.165) is 5.56 Å². The zero-order valence-electron chi connectivity index (χ0n) is 10.9. The van der Waals surface area contributed by atoms with Gasteiger partial charge in [-0.15, -0.1) is 0 Å². The fourth-order valence-electron chi connectivity index (χ4n) is 1.66. The number of benzene rings is 2. The first-order chi connectivity index (χ1) is 9.79. The lowest BCUT2D eigenvalue weighted by atomic mass is 10.2. The van der Waals surface area contributed by atoms with Crippen molar-refractivity contribution in [3.8, 4) is 11.8 Å². The molecule has 0 radical (unpaired) electrons. The Morgan fingerprint density at radius 2 is 1.85 bits per heavy atom. The second kappa shape index (κ2) is 7.27. The zero-order valence-corrected chi connectivity index (χ0v) is 10.9. The average molecular weight is 271 g/mol. The van der Waals surface area contributed by atoms with Gasteiger partial charge in [0.15, 0.2) is 0 Å². The Balaban J connectivity index is 1.71. The van der Waals surface area contributed by atoms with Crippen molar-refractivity contribution in [3.63, 3.8) is 0 Å². The van der Waals surface area contributed by atoms with E-state index in [0.29, 0.717) is 25.6 Å². The standard InChI is InChI=1S/C16H14FNO2/c17-16-10-15(7-6-14(16)11-18)20-9-8-19-12-13-4-2-1-3-5-13/h1-7,10H,8-9,12H2. The first kappa shape index (κ1) is 14.0. The highest BCUT2D eigenvalue weighted by Gasteiger charge is 2.03. The van der Waals surface area contributed by atoms with Gasteiger partial charge in [0.1, 0.15) is 24.2 Å². The molecule has 0 aliphatic heterocycles. The molecule has 0 bridgehead atoms. The first-order valence-electron chi connectivity index (χ1n) is 6.24. The van der Waals surface area contributed by atoms with Gasteiger partial charge in [-0.05, 0) is 17.7 Å². The van der Waals surface area contributed by atoms with Gasteiger partial charge in [0, 0.05) is 6.07 Å². The molecule has 0 amide bonds. The SMILES string of the molecule is N#Cc1ccc(OCCOCc2ccccc2)cc1F. The summed E-state index contributed by atoms with van der Waals surface area (Å²) >= 11 is 0. The molecule has 0 atom stereocenters. The van der Waals surface area contributed by atoms with Crippen LogP contribution in [0.1, 0.15) is 11.1 Å². The number of nitrogens with zero attached hydrogens (tertiary/aromatic N) is 1. The number of hydrogen-bond donors (Lipinski definition) is 0. The largest absolute Gasteiger partial charge is 0.491 e. The van der Waals surface area contributed by atoms with E-state index in [2.05, 4.69) is 0 Å². The molecule has 2 aromatic rings. The van der Waals surface area contributed by atoms with Gasteiger partial charge in [0.25, 0.3) is 0 Å². The maximum Gasteiger partial charge on any atom is 0.144 e.